The van der Waals surface area contributed by atoms with Crippen molar-refractivity contribution in [3.63, 3.8) is 0 Å². The first kappa shape index (κ1) is 25.4. The summed E-state index contributed by atoms with van der Waals surface area (Å²) >= 11 is 0. The maximum Gasteiger partial charge on any atom is 0.227 e. The molecule has 0 bridgehead atoms. The van der Waals surface area contributed by atoms with Gasteiger partial charge in [-0.15, -0.1) is 0 Å². The number of hydrogen-bond donors (Lipinski definition) is 0. The van der Waals surface area contributed by atoms with Crippen LogP contribution in [0.25, 0.3) is 66.4 Å². The van der Waals surface area contributed by atoms with Crippen LogP contribution in [0.2, 0.25) is 0 Å². The minimum Gasteiger partial charge on any atom is -0.455 e. The smallest absolute Gasteiger partial charge is 0.227 e. The van der Waals surface area contributed by atoms with E-state index in [0.29, 0.717) is 5.89 Å². The second kappa shape index (κ2) is 10.2. The van der Waals surface area contributed by atoms with Crippen LogP contribution in [-0.4, -0.2) is 4.98 Å². The predicted molar refractivity (Wildman–Crippen MR) is 184 cm³/mol. The maximum atomic E-state index is 6.53. The Labute approximate surface area is 259 Å². The first-order chi connectivity index (χ1) is 22.3. The number of anilines is 3. The highest BCUT2D eigenvalue weighted by atomic mass is 16.4. The molecule has 4 nitrogen and oxygen atoms in total. The SMILES string of the molecule is c1ccc(-c2nc3c(-c4ccc(N(c5ccccc5)c5ccc6ccccc6c5)cc4)c4oc5ccccc5c4cc3o2)cc1. The molecule has 0 amide bonds. The number of nitrogens with zero attached hydrogens (tertiary/aromatic N) is 2. The van der Waals surface area contributed by atoms with E-state index < -0.39 is 0 Å². The van der Waals surface area contributed by atoms with Gasteiger partial charge >= 0.3 is 0 Å². The number of furan rings is 1. The van der Waals surface area contributed by atoms with E-state index in [4.69, 9.17) is 13.8 Å². The van der Waals surface area contributed by atoms with Crippen molar-refractivity contribution in [2.75, 3.05) is 4.90 Å². The van der Waals surface area contributed by atoms with Crippen LogP contribution in [0.3, 0.4) is 0 Å². The zero-order valence-electron chi connectivity index (χ0n) is 24.2. The molecule has 0 fully saturated rings. The lowest BCUT2D eigenvalue weighted by atomic mass is 10.00. The lowest BCUT2D eigenvalue weighted by Crippen LogP contribution is -2.09. The summed E-state index contributed by atoms with van der Waals surface area (Å²) in [5.74, 6) is 0.590. The largest absolute Gasteiger partial charge is 0.455 e. The Morgan fingerprint density at radius 2 is 1.11 bits per heavy atom. The molecule has 7 aromatic carbocycles. The van der Waals surface area contributed by atoms with E-state index in [1.54, 1.807) is 0 Å². The maximum absolute atomic E-state index is 6.53. The van der Waals surface area contributed by atoms with Crippen molar-refractivity contribution < 1.29 is 8.83 Å². The first-order valence-corrected chi connectivity index (χ1v) is 15.0. The molecular formula is C41H26N2O2. The zero-order chi connectivity index (χ0) is 29.7. The van der Waals surface area contributed by atoms with Gasteiger partial charge in [-0.1, -0.05) is 97.1 Å². The normalized spacial score (nSPS) is 11.6. The number of rotatable bonds is 5. The average Bonchev–Trinajstić information content (AvgIpc) is 3.70. The fourth-order valence-corrected chi connectivity index (χ4v) is 6.33. The van der Waals surface area contributed by atoms with Crippen LogP contribution in [0.15, 0.2) is 167 Å². The number of para-hydroxylation sites is 2. The fourth-order valence-electron chi connectivity index (χ4n) is 6.33. The average molecular weight is 579 g/mol. The monoisotopic (exact) mass is 578 g/mol. The number of aromatic nitrogens is 1. The molecular weight excluding hydrogens is 552 g/mol. The van der Waals surface area contributed by atoms with Gasteiger partial charge in [0, 0.05) is 33.4 Å². The van der Waals surface area contributed by atoms with Crippen molar-refractivity contribution in [1.29, 1.82) is 0 Å². The number of hydrogen-bond acceptors (Lipinski definition) is 4. The van der Waals surface area contributed by atoms with Crippen LogP contribution in [0.5, 0.6) is 0 Å². The number of benzene rings is 7. The van der Waals surface area contributed by atoms with E-state index in [0.717, 1.165) is 66.8 Å². The van der Waals surface area contributed by atoms with Crippen LogP contribution in [0, 0.1) is 0 Å². The van der Waals surface area contributed by atoms with Gasteiger partial charge < -0.3 is 13.7 Å². The summed E-state index contributed by atoms with van der Waals surface area (Å²) in [6.07, 6.45) is 0. The third-order valence-electron chi connectivity index (χ3n) is 8.47. The van der Waals surface area contributed by atoms with Gasteiger partial charge in [0.2, 0.25) is 5.89 Å². The molecule has 2 heterocycles. The Morgan fingerprint density at radius 3 is 1.93 bits per heavy atom. The number of fused-ring (bicyclic) bond motifs is 5. The second-order valence-corrected chi connectivity index (χ2v) is 11.2. The standard InChI is InChI=1S/C41H26N2O2/c1-3-12-29(13-4-1)41-42-39-37(45-41)26-35-34-17-9-10-18-36(34)44-40(35)38(39)28-20-22-32(23-21-28)43(31-15-5-2-6-16-31)33-24-19-27-11-7-8-14-30(27)25-33/h1-26H. The second-order valence-electron chi connectivity index (χ2n) is 11.2. The lowest BCUT2D eigenvalue weighted by molar-refractivity contribution is 0.620. The van der Waals surface area contributed by atoms with Crippen molar-refractivity contribution >= 4 is 60.9 Å². The van der Waals surface area contributed by atoms with Gasteiger partial charge in [0.1, 0.15) is 16.7 Å². The predicted octanol–water partition coefficient (Wildman–Crippen LogP) is 11.7. The summed E-state index contributed by atoms with van der Waals surface area (Å²) in [6.45, 7) is 0. The van der Waals surface area contributed by atoms with Gasteiger partial charge in [-0.25, -0.2) is 4.98 Å². The molecule has 2 aromatic heterocycles. The van der Waals surface area contributed by atoms with E-state index in [9.17, 15) is 0 Å². The van der Waals surface area contributed by atoms with Crippen LogP contribution in [0.4, 0.5) is 17.1 Å². The molecule has 0 unspecified atom stereocenters. The Bertz CT molecular complexity index is 2480. The van der Waals surface area contributed by atoms with E-state index in [-0.39, 0.29) is 0 Å². The molecule has 45 heavy (non-hydrogen) atoms. The summed E-state index contributed by atoms with van der Waals surface area (Å²) < 4.78 is 12.9. The van der Waals surface area contributed by atoms with Crippen molar-refractivity contribution in [2.24, 2.45) is 0 Å². The Kier molecular flexibility index (Phi) is 5.78. The molecule has 212 valence electrons. The lowest BCUT2D eigenvalue weighted by Gasteiger charge is -2.26. The van der Waals surface area contributed by atoms with Gasteiger partial charge in [0.15, 0.2) is 5.58 Å². The molecule has 0 spiro atoms. The highest BCUT2D eigenvalue weighted by molar-refractivity contribution is 6.16. The molecule has 0 N–H and O–H groups in total. The van der Waals surface area contributed by atoms with E-state index >= 15 is 0 Å². The highest BCUT2D eigenvalue weighted by Crippen LogP contribution is 2.43. The number of oxazole rings is 1. The highest BCUT2D eigenvalue weighted by Gasteiger charge is 2.22. The minimum atomic E-state index is 0.590. The summed E-state index contributed by atoms with van der Waals surface area (Å²) in [7, 11) is 0. The molecule has 0 saturated heterocycles. The molecule has 0 radical (unpaired) electrons. The van der Waals surface area contributed by atoms with Crippen LogP contribution < -0.4 is 4.90 Å². The van der Waals surface area contributed by atoms with Crippen molar-refractivity contribution in [3.8, 4) is 22.6 Å². The summed E-state index contributed by atoms with van der Waals surface area (Å²) in [4.78, 5) is 7.31. The minimum absolute atomic E-state index is 0.590. The molecule has 0 aliphatic heterocycles. The molecule has 0 saturated carbocycles. The third kappa shape index (κ3) is 4.27. The third-order valence-corrected chi connectivity index (χ3v) is 8.47. The first-order valence-electron chi connectivity index (χ1n) is 15.0. The zero-order valence-corrected chi connectivity index (χ0v) is 24.2. The molecule has 0 atom stereocenters. The summed E-state index contributed by atoms with van der Waals surface area (Å²) in [5.41, 5.74) is 9.26. The van der Waals surface area contributed by atoms with Gasteiger partial charge in [-0.3, -0.25) is 0 Å². The Hall–Kier alpha value is -6.13. The van der Waals surface area contributed by atoms with Gasteiger partial charge in [-0.05, 0) is 77.0 Å². The van der Waals surface area contributed by atoms with Crippen LogP contribution >= 0.6 is 0 Å². The van der Waals surface area contributed by atoms with Gasteiger partial charge in [-0.2, -0.15) is 0 Å². The molecule has 0 aliphatic rings. The van der Waals surface area contributed by atoms with Crippen LogP contribution in [0.1, 0.15) is 0 Å². The quantitative estimate of drug-likeness (QED) is 0.204. The van der Waals surface area contributed by atoms with Crippen molar-refractivity contribution in [3.05, 3.63) is 158 Å². The Morgan fingerprint density at radius 1 is 0.444 bits per heavy atom. The van der Waals surface area contributed by atoms with E-state index in [2.05, 4.69) is 108 Å². The fraction of sp³-hybridized carbons (Fsp3) is 0. The van der Waals surface area contributed by atoms with Gasteiger partial charge in [0.05, 0.1) is 5.56 Å². The molecule has 4 heteroatoms. The van der Waals surface area contributed by atoms with Crippen molar-refractivity contribution in [2.45, 2.75) is 0 Å². The summed E-state index contributed by atoms with van der Waals surface area (Å²) in [5, 5.41) is 4.48. The molecule has 0 aliphatic carbocycles. The molecule has 9 rings (SSSR count). The van der Waals surface area contributed by atoms with Crippen molar-refractivity contribution in [1.82, 2.24) is 4.98 Å². The van der Waals surface area contributed by atoms with Gasteiger partial charge in [0.25, 0.3) is 0 Å². The topological polar surface area (TPSA) is 42.4 Å². The Balaban J connectivity index is 1.23. The van der Waals surface area contributed by atoms with Crippen LogP contribution in [-0.2, 0) is 0 Å². The molecule has 9 aromatic rings. The van der Waals surface area contributed by atoms with E-state index in [1.165, 1.54) is 10.8 Å². The summed E-state index contributed by atoms with van der Waals surface area (Å²) in [6, 6.07) is 54.4. The van der Waals surface area contributed by atoms with E-state index in [1.807, 2.05) is 54.6 Å².